The van der Waals surface area contributed by atoms with E-state index in [1.807, 2.05) is 4.90 Å². The van der Waals surface area contributed by atoms with Gasteiger partial charge in [0.15, 0.2) is 0 Å². The maximum absolute atomic E-state index is 11.9. The maximum Gasteiger partial charge on any atom is 0.317 e. The van der Waals surface area contributed by atoms with Gasteiger partial charge in [-0.3, -0.25) is 0 Å². The lowest BCUT2D eigenvalue weighted by Crippen LogP contribution is -2.52. The van der Waals surface area contributed by atoms with E-state index >= 15 is 0 Å². The predicted octanol–water partition coefficient (Wildman–Crippen LogP) is 2.49. The van der Waals surface area contributed by atoms with Crippen molar-refractivity contribution in [2.75, 3.05) is 37.6 Å². The Morgan fingerprint density at radius 2 is 1.85 bits per heavy atom. The SMILES string of the molecule is CCCNC(=O)N1CCN(c2ccccc2CC)CC1. The molecule has 1 fully saturated rings. The summed E-state index contributed by atoms with van der Waals surface area (Å²) < 4.78 is 0. The molecule has 0 atom stereocenters. The topological polar surface area (TPSA) is 35.6 Å². The third kappa shape index (κ3) is 3.44. The summed E-state index contributed by atoms with van der Waals surface area (Å²) in [5.74, 6) is 0. The number of piperazine rings is 1. The summed E-state index contributed by atoms with van der Waals surface area (Å²) in [5, 5.41) is 2.95. The number of carbonyl (C=O) groups is 1. The standard InChI is InChI=1S/C16H25N3O/c1-3-9-17-16(20)19-12-10-18(11-13-19)15-8-6-5-7-14(15)4-2/h5-8H,3-4,9-13H2,1-2H3,(H,17,20). The highest BCUT2D eigenvalue weighted by Gasteiger charge is 2.21. The Bertz CT molecular complexity index is 439. The zero-order chi connectivity index (χ0) is 14.4. The highest BCUT2D eigenvalue weighted by atomic mass is 16.2. The van der Waals surface area contributed by atoms with Crippen LogP contribution in [0.25, 0.3) is 0 Å². The molecule has 0 bridgehead atoms. The maximum atomic E-state index is 11.9. The van der Waals surface area contributed by atoms with E-state index < -0.39 is 0 Å². The van der Waals surface area contributed by atoms with E-state index in [0.717, 1.165) is 45.6 Å². The molecule has 1 aliphatic heterocycles. The Morgan fingerprint density at radius 1 is 1.15 bits per heavy atom. The van der Waals surface area contributed by atoms with E-state index in [9.17, 15) is 4.79 Å². The largest absolute Gasteiger partial charge is 0.368 e. The molecule has 0 saturated carbocycles. The average Bonchev–Trinajstić information content (AvgIpc) is 2.52. The van der Waals surface area contributed by atoms with Crippen molar-refractivity contribution in [1.82, 2.24) is 10.2 Å². The fourth-order valence-corrected chi connectivity index (χ4v) is 2.61. The van der Waals surface area contributed by atoms with Crippen LogP contribution in [-0.4, -0.2) is 43.7 Å². The molecule has 110 valence electrons. The van der Waals surface area contributed by atoms with Gasteiger partial charge in [-0.15, -0.1) is 0 Å². The molecule has 0 radical (unpaired) electrons. The Labute approximate surface area is 121 Å². The van der Waals surface area contributed by atoms with Crippen molar-refractivity contribution in [3.05, 3.63) is 29.8 Å². The van der Waals surface area contributed by atoms with E-state index in [4.69, 9.17) is 0 Å². The Balaban J connectivity index is 1.92. The van der Waals surface area contributed by atoms with Crippen LogP contribution < -0.4 is 10.2 Å². The van der Waals surface area contributed by atoms with Crippen molar-refractivity contribution in [2.24, 2.45) is 0 Å². The molecule has 1 aromatic carbocycles. The number of nitrogens with zero attached hydrogens (tertiary/aromatic N) is 2. The van der Waals surface area contributed by atoms with Crippen LogP contribution >= 0.6 is 0 Å². The third-order valence-corrected chi connectivity index (χ3v) is 3.81. The van der Waals surface area contributed by atoms with Crippen molar-refractivity contribution in [2.45, 2.75) is 26.7 Å². The molecule has 1 heterocycles. The Hall–Kier alpha value is -1.71. The first-order valence-corrected chi connectivity index (χ1v) is 7.61. The van der Waals surface area contributed by atoms with Gasteiger partial charge >= 0.3 is 6.03 Å². The zero-order valence-corrected chi connectivity index (χ0v) is 12.6. The van der Waals surface area contributed by atoms with Crippen LogP contribution in [0.2, 0.25) is 0 Å². The summed E-state index contributed by atoms with van der Waals surface area (Å²) in [6, 6.07) is 8.64. The van der Waals surface area contributed by atoms with Crippen molar-refractivity contribution < 1.29 is 4.79 Å². The van der Waals surface area contributed by atoms with Crippen LogP contribution in [0.3, 0.4) is 0 Å². The summed E-state index contributed by atoms with van der Waals surface area (Å²) in [6.07, 6.45) is 2.03. The monoisotopic (exact) mass is 275 g/mol. The summed E-state index contributed by atoms with van der Waals surface area (Å²) in [6.45, 7) is 8.44. The van der Waals surface area contributed by atoms with Crippen LogP contribution in [0, 0.1) is 0 Å². The number of amides is 2. The van der Waals surface area contributed by atoms with Crippen LogP contribution in [-0.2, 0) is 6.42 Å². The zero-order valence-electron chi connectivity index (χ0n) is 12.6. The molecule has 0 unspecified atom stereocenters. The van der Waals surface area contributed by atoms with Gasteiger partial charge in [-0.2, -0.15) is 0 Å². The fraction of sp³-hybridized carbons (Fsp3) is 0.562. The molecule has 1 N–H and O–H groups in total. The number of benzene rings is 1. The molecule has 1 saturated heterocycles. The molecule has 2 rings (SSSR count). The molecule has 0 spiro atoms. The van der Waals surface area contributed by atoms with Crippen molar-refractivity contribution >= 4 is 11.7 Å². The van der Waals surface area contributed by atoms with Gasteiger partial charge in [0.05, 0.1) is 0 Å². The lowest BCUT2D eigenvalue weighted by molar-refractivity contribution is 0.194. The molecular formula is C16H25N3O. The van der Waals surface area contributed by atoms with Crippen molar-refractivity contribution in [1.29, 1.82) is 0 Å². The Morgan fingerprint density at radius 3 is 2.50 bits per heavy atom. The predicted molar refractivity (Wildman–Crippen MR) is 83.3 cm³/mol. The van der Waals surface area contributed by atoms with Gasteiger partial charge in [0, 0.05) is 38.4 Å². The summed E-state index contributed by atoms with van der Waals surface area (Å²) in [4.78, 5) is 16.2. The first kappa shape index (κ1) is 14.7. The molecule has 20 heavy (non-hydrogen) atoms. The molecule has 0 aromatic heterocycles. The number of hydrogen-bond donors (Lipinski definition) is 1. The third-order valence-electron chi connectivity index (χ3n) is 3.81. The molecular weight excluding hydrogens is 250 g/mol. The molecule has 0 aliphatic carbocycles. The average molecular weight is 275 g/mol. The second-order valence-electron chi connectivity index (χ2n) is 5.19. The highest BCUT2D eigenvalue weighted by Crippen LogP contribution is 2.22. The van der Waals surface area contributed by atoms with E-state index in [1.54, 1.807) is 0 Å². The minimum absolute atomic E-state index is 0.0790. The number of anilines is 1. The van der Waals surface area contributed by atoms with Gasteiger partial charge in [0.2, 0.25) is 0 Å². The summed E-state index contributed by atoms with van der Waals surface area (Å²) in [5.41, 5.74) is 2.71. The first-order valence-electron chi connectivity index (χ1n) is 7.61. The van der Waals surface area contributed by atoms with Gasteiger partial charge in [-0.25, -0.2) is 4.79 Å². The molecule has 2 amide bonds. The number of carbonyl (C=O) groups excluding carboxylic acids is 1. The fourth-order valence-electron chi connectivity index (χ4n) is 2.61. The Kier molecular flexibility index (Phi) is 5.27. The molecule has 1 aliphatic rings. The summed E-state index contributed by atoms with van der Waals surface area (Å²) >= 11 is 0. The number of rotatable bonds is 4. The molecule has 1 aromatic rings. The molecule has 4 nitrogen and oxygen atoms in total. The van der Waals surface area contributed by atoms with E-state index in [1.165, 1.54) is 11.3 Å². The lowest BCUT2D eigenvalue weighted by atomic mass is 10.1. The van der Waals surface area contributed by atoms with Crippen LogP contribution in [0.5, 0.6) is 0 Å². The van der Waals surface area contributed by atoms with Crippen LogP contribution in [0.4, 0.5) is 10.5 Å². The lowest BCUT2D eigenvalue weighted by Gasteiger charge is -2.37. The van der Waals surface area contributed by atoms with Gasteiger partial charge in [0.25, 0.3) is 0 Å². The first-order chi connectivity index (χ1) is 9.76. The minimum atomic E-state index is 0.0790. The number of urea groups is 1. The van der Waals surface area contributed by atoms with Crippen LogP contribution in [0.15, 0.2) is 24.3 Å². The quantitative estimate of drug-likeness (QED) is 0.916. The second-order valence-corrected chi connectivity index (χ2v) is 5.19. The van der Waals surface area contributed by atoms with Crippen molar-refractivity contribution in [3.8, 4) is 0 Å². The highest BCUT2D eigenvalue weighted by molar-refractivity contribution is 5.74. The van der Waals surface area contributed by atoms with E-state index in [0.29, 0.717) is 0 Å². The second kappa shape index (κ2) is 7.17. The number of para-hydroxylation sites is 1. The number of hydrogen-bond acceptors (Lipinski definition) is 2. The number of nitrogens with one attached hydrogen (secondary N) is 1. The summed E-state index contributed by atoms with van der Waals surface area (Å²) in [7, 11) is 0. The van der Waals surface area contributed by atoms with Crippen LogP contribution in [0.1, 0.15) is 25.8 Å². The van der Waals surface area contributed by atoms with Gasteiger partial charge in [0.1, 0.15) is 0 Å². The van der Waals surface area contributed by atoms with Gasteiger partial charge < -0.3 is 15.1 Å². The minimum Gasteiger partial charge on any atom is -0.368 e. The van der Waals surface area contributed by atoms with E-state index in [-0.39, 0.29) is 6.03 Å². The normalized spacial score (nSPS) is 15.3. The van der Waals surface area contributed by atoms with Gasteiger partial charge in [-0.1, -0.05) is 32.0 Å². The van der Waals surface area contributed by atoms with E-state index in [2.05, 4.69) is 48.3 Å². The number of aryl methyl sites for hydroxylation is 1. The molecule has 4 heteroatoms. The smallest absolute Gasteiger partial charge is 0.317 e. The van der Waals surface area contributed by atoms with Gasteiger partial charge in [-0.05, 0) is 24.5 Å². The van der Waals surface area contributed by atoms with Crippen molar-refractivity contribution in [3.63, 3.8) is 0 Å².